The van der Waals surface area contributed by atoms with Crippen LogP contribution in [0.4, 0.5) is 10.8 Å². The first-order valence-corrected chi connectivity index (χ1v) is 8.45. The van der Waals surface area contributed by atoms with E-state index in [1.54, 1.807) is 5.38 Å². The third kappa shape index (κ3) is 2.42. The van der Waals surface area contributed by atoms with Gasteiger partial charge >= 0.3 is 0 Å². The molecule has 3 aromatic rings. The van der Waals surface area contributed by atoms with Gasteiger partial charge in [0.25, 0.3) is 10.0 Å². The van der Waals surface area contributed by atoms with Gasteiger partial charge in [0, 0.05) is 11.1 Å². The van der Waals surface area contributed by atoms with Gasteiger partial charge in [-0.3, -0.25) is 4.72 Å². The summed E-state index contributed by atoms with van der Waals surface area (Å²) < 4.78 is 27.8. The van der Waals surface area contributed by atoms with Gasteiger partial charge in [0.15, 0.2) is 5.13 Å². The molecule has 0 saturated heterocycles. The van der Waals surface area contributed by atoms with Gasteiger partial charge in [0.2, 0.25) is 0 Å². The molecule has 2 heterocycles. The molecule has 1 aromatic carbocycles. The van der Waals surface area contributed by atoms with Crippen LogP contribution in [0.5, 0.6) is 0 Å². The molecule has 0 aliphatic rings. The molecule has 98 valence electrons. The first-order chi connectivity index (χ1) is 9.04. The Morgan fingerprint density at radius 2 is 2.05 bits per heavy atom. The smallest absolute Gasteiger partial charge is 0.273 e. The first kappa shape index (κ1) is 12.4. The standard InChI is InChI=1S/C11H9N3O2S3/c12-7-5-10(17-6-7)19(15,16)14-11-13-8-3-1-2-4-9(8)18-11/h1-6H,12H2,(H,13,14). The fraction of sp³-hybridized carbons (Fsp3) is 0. The summed E-state index contributed by atoms with van der Waals surface area (Å²) in [5.41, 5.74) is 6.75. The molecule has 8 heteroatoms. The number of rotatable bonds is 3. The summed E-state index contributed by atoms with van der Waals surface area (Å²) >= 11 is 2.38. The molecular formula is C11H9N3O2S3. The number of para-hydroxylation sites is 1. The number of thiazole rings is 1. The molecule has 0 aliphatic heterocycles. The van der Waals surface area contributed by atoms with Gasteiger partial charge in [-0.15, -0.1) is 11.3 Å². The van der Waals surface area contributed by atoms with Crippen LogP contribution in [0.15, 0.2) is 39.9 Å². The van der Waals surface area contributed by atoms with Crippen molar-refractivity contribution in [2.24, 2.45) is 0 Å². The molecule has 0 saturated carbocycles. The zero-order chi connectivity index (χ0) is 13.5. The minimum absolute atomic E-state index is 0.184. The lowest BCUT2D eigenvalue weighted by atomic mass is 10.3. The normalized spacial score (nSPS) is 11.8. The van der Waals surface area contributed by atoms with Crippen molar-refractivity contribution in [1.29, 1.82) is 0 Å². The van der Waals surface area contributed by atoms with E-state index in [1.807, 2.05) is 24.3 Å². The van der Waals surface area contributed by atoms with Crippen LogP contribution in [0.2, 0.25) is 0 Å². The van der Waals surface area contributed by atoms with Crippen molar-refractivity contribution in [2.75, 3.05) is 10.5 Å². The highest BCUT2D eigenvalue weighted by molar-refractivity contribution is 7.94. The third-order valence-electron chi connectivity index (χ3n) is 2.38. The maximum Gasteiger partial charge on any atom is 0.273 e. The van der Waals surface area contributed by atoms with Gasteiger partial charge in [-0.05, 0) is 18.2 Å². The zero-order valence-electron chi connectivity index (χ0n) is 9.53. The molecule has 3 N–H and O–H groups in total. The number of nitrogens with one attached hydrogen (secondary N) is 1. The average molecular weight is 311 g/mol. The minimum atomic E-state index is -3.60. The Labute approximate surface area is 117 Å². The van der Waals surface area contributed by atoms with Crippen LogP contribution in [0, 0.1) is 0 Å². The van der Waals surface area contributed by atoms with Crippen LogP contribution >= 0.6 is 22.7 Å². The molecule has 0 radical (unpaired) electrons. The highest BCUT2D eigenvalue weighted by atomic mass is 32.2. The molecule has 0 aliphatic carbocycles. The first-order valence-electron chi connectivity index (χ1n) is 5.27. The number of nitrogens with zero attached hydrogens (tertiary/aromatic N) is 1. The monoisotopic (exact) mass is 311 g/mol. The van der Waals surface area contributed by atoms with Crippen molar-refractivity contribution < 1.29 is 8.42 Å². The van der Waals surface area contributed by atoms with Crippen LogP contribution in [0.25, 0.3) is 10.2 Å². The lowest BCUT2D eigenvalue weighted by Crippen LogP contribution is -2.11. The third-order valence-corrected chi connectivity index (χ3v) is 6.25. The van der Waals surface area contributed by atoms with Crippen molar-refractivity contribution in [1.82, 2.24) is 4.98 Å². The van der Waals surface area contributed by atoms with E-state index in [-0.39, 0.29) is 4.21 Å². The Balaban J connectivity index is 1.96. The second-order valence-corrected chi connectivity index (χ2v) is 7.64. The predicted molar refractivity (Wildman–Crippen MR) is 79.2 cm³/mol. The van der Waals surface area contributed by atoms with Crippen LogP contribution in [0.3, 0.4) is 0 Å². The number of hydrogen-bond acceptors (Lipinski definition) is 6. The van der Waals surface area contributed by atoms with E-state index in [9.17, 15) is 8.42 Å². The Morgan fingerprint density at radius 1 is 1.26 bits per heavy atom. The quantitative estimate of drug-likeness (QED) is 0.779. The Kier molecular flexibility index (Phi) is 2.92. The van der Waals surface area contributed by atoms with Crippen molar-refractivity contribution in [3.63, 3.8) is 0 Å². The summed E-state index contributed by atoms with van der Waals surface area (Å²) in [4.78, 5) is 4.23. The average Bonchev–Trinajstić information content (AvgIpc) is 2.94. The second-order valence-electron chi connectivity index (χ2n) is 3.79. The molecule has 0 bridgehead atoms. The number of nitrogens with two attached hydrogens (primary N) is 1. The summed E-state index contributed by atoms with van der Waals surface area (Å²) in [6.45, 7) is 0. The number of fused-ring (bicyclic) bond motifs is 1. The topological polar surface area (TPSA) is 85.1 Å². The molecule has 5 nitrogen and oxygen atoms in total. The Morgan fingerprint density at radius 3 is 2.74 bits per heavy atom. The van der Waals surface area contributed by atoms with Gasteiger partial charge in [-0.25, -0.2) is 13.4 Å². The van der Waals surface area contributed by atoms with Gasteiger partial charge in [-0.2, -0.15) is 0 Å². The van der Waals surface area contributed by atoms with E-state index in [1.165, 1.54) is 17.4 Å². The van der Waals surface area contributed by atoms with Gasteiger partial charge < -0.3 is 5.73 Å². The van der Waals surface area contributed by atoms with Crippen LogP contribution in [0.1, 0.15) is 0 Å². The van der Waals surface area contributed by atoms with E-state index in [2.05, 4.69) is 9.71 Å². The highest BCUT2D eigenvalue weighted by Crippen LogP contribution is 2.29. The lowest BCUT2D eigenvalue weighted by Gasteiger charge is -2.00. The van der Waals surface area contributed by atoms with E-state index in [0.29, 0.717) is 10.8 Å². The largest absolute Gasteiger partial charge is 0.398 e. The molecule has 2 aromatic heterocycles. The SMILES string of the molecule is Nc1csc(S(=O)(=O)Nc2nc3ccccc3s2)c1. The molecule has 0 spiro atoms. The van der Waals surface area contributed by atoms with E-state index in [0.717, 1.165) is 21.6 Å². The van der Waals surface area contributed by atoms with Crippen molar-refractivity contribution in [3.8, 4) is 0 Å². The summed E-state index contributed by atoms with van der Waals surface area (Å²) in [6.07, 6.45) is 0. The summed E-state index contributed by atoms with van der Waals surface area (Å²) in [5.74, 6) is 0. The zero-order valence-corrected chi connectivity index (χ0v) is 12.0. The minimum Gasteiger partial charge on any atom is -0.398 e. The predicted octanol–water partition coefficient (Wildman–Crippen LogP) is 2.74. The van der Waals surface area contributed by atoms with Crippen molar-refractivity contribution >= 4 is 53.7 Å². The lowest BCUT2D eigenvalue weighted by molar-refractivity contribution is 0.603. The molecule has 0 fully saturated rings. The fourth-order valence-electron chi connectivity index (χ4n) is 1.55. The molecule has 0 unspecified atom stereocenters. The maximum absolute atomic E-state index is 12.1. The highest BCUT2D eigenvalue weighted by Gasteiger charge is 2.18. The summed E-state index contributed by atoms with van der Waals surface area (Å²) in [6, 6.07) is 8.92. The van der Waals surface area contributed by atoms with Gasteiger partial charge in [0.1, 0.15) is 4.21 Å². The van der Waals surface area contributed by atoms with Crippen LogP contribution in [-0.2, 0) is 10.0 Å². The number of sulfonamides is 1. The summed E-state index contributed by atoms with van der Waals surface area (Å²) in [5, 5.41) is 1.94. The molecular weight excluding hydrogens is 302 g/mol. The molecule has 3 rings (SSSR count). The van der Waals surface area contributed by atoms with Gasteiger partial charge in [0.05, 0.1) is 10.2 Å². The van der Waals surface area contributed by atoms with Crippen molar-refractivity contribution in [3.05, 3.63) is 35.7 Å². The van der Waals surface area contributed by atoms with E-state index in [4.69, 9.17) is 5.73 Å². The van der Waals surface area contributed by atoms with Crippen LogP contribution in [-0.4, -0.2) is 13.4 Å². The maximum atomic E-state index is 12.1. The molecule has 0 amide bonds. The second kappa shape index (κ2) is 4.48. The number of hydrogen-bond donors (Lipinski definition) is 2. The van der Waals surface area contributed by atoms with E-state index < -0.39 is 10.0 Å². The number of anilines is 2. The van der Waals surface area contributed by atoms with Gasteiger partial charge in [-0.1, -0.05) is 23.5 Å². The summed E-state index contributed by atoms with van der Waals surface area (Å²) in [7, 11) is -3.60. The fourth-order valence-corrected chi connectivity index (χ4v) is 4.73. The number of nitrogen functional groups attached to an aromatic ring is 1. The van der Waals surface area contributed by atoms with Crippen LogP contribution < -0.4 is 10.5 Å². The van der Waals surface area contributed by atoms with E-state index >= 15 is 0 Å². The van der Waals surface area contributed by atoms with Crippen molar-refractivity contribution in [2.45, 2.75) is 4.21 Å². The molecule has 19 heavy (non-hydrogen) atoms. The number of aromatic nitrogens is 1. The number of thiophene rings is 1. The number of benzene rings is 1. The Bertz CT molecular complexity index is 803. The Hall–Kier alpha value is -1.64. The molecule has 0 atom stereocenters.